The predicted molar refractivity (Wildman–Crippen MR) is 172 cm³/mol. The number of methoxy groups -OCH3 is 1. The van der Waals surface area contributed by atoms with Gasteiger partial charge in [-0.3, -0.25) is 14.9 Å². The van der Waals surface area contributed by atoms with Gasteiger partial charge >= 0.3 is 6.09 Å². The second kappa shape index (κ2) is 19.8. The largest absolute Gasteiger partial charge is 0.453 e. The topological polar surface area (TPSA) is 191 Å². The third-order valence-electron chi connectivity index (χ3n) is 6.62. The molecule has 4 N–H and O–H groups in total. The van der Waals surface area contributed by atoms with Gasteiger partial charge < -0.3 is 35.2 Å². The van der Waals surface area contributed by atoms with E-state index in [-0.39, 0.29) is 6.09 Å². The molecule has 0 unspecified atom stereocenters. The van der Waals surface area contributed by atoms with Gasteiger partial charge in [-0.15, -0.1) is 26.0 Å². The predicted octanol–water partition coefficient (Wildman–Crippen LogP) is 2.41. The average Bonchev–Trinajstić information content (AvgIpc) is 3.60. The van der Waals surface area contributed by atoms with Crippen LogP contribution in [0.15, 0.2) is 37.8 Å². The maximum absolute atomic E-state index is 11.8. The highest BCUT2D eigenvalue weighted by molar-refractivity contribution is 5.68. The van der Waals surface area contributed by atoms with E-state index in [1.54, 1.807) is 4.90 Å². The minimum Gasteiger partial charge on any atom is -0.453 e. The van der Waals surface area contributed by atoms with Gasteiger partial charge in [-0.25, -0.2) is 9.78 Å². The molecule has 3 aliphatic rings. The first-order valence-electron chi connectivity index (χ1n) is 14.3. The molecule has 2 amide bonds. The quantitative estimate of drug-likeness (QED) is 0.171. The first-order valence-corrected chi connectivity index (χ1v) is 14.3. The molecule has 16 nitrogen and oxygen atoms in total. The number of rotatable bonds is 7. The molecule has 0 bridgehead atoms. The number of terminal acetylenes is 1. The first-order chi connectivity index (χ1) is 22.1. The molecule has 0 atom stereocenters. The average molecular weight is 623 g/mol. The number of anilines is 5. The molecule has 6 rings (SSSR count). The maximum atomic E-state index is 11.8. The van der Waals surface area contributed by atoms with Crippen LogP contribution in [0.4, 0.5) is 34.3 Å². The Labute approximate surface area is 263 Å². The Bertz CT molecular complexity index is 1300. The fourth-order valence-electron chi connectivity index (χ4n) is 4.38. The van der Waals surface area contributed by atoms with Crippen LogP contribution in [0, 0.1) is 12.8 Å². The lowest BCUT2D eigenvalue weighted by Crippen LogP contribution is -2.49. The maximum Gasteiger partial charge on any atom is 0.409 e. The van der Waals surface area contributed by atoms with Gasteiger partial charge in [0.2, 0.25) is 24.3 Å². The van der Waals surface area contributed by atoms with Crippen molar-refractivity contribution in [2.75, 3.05) is 73.9 Å². The highest BCUT2D eigenvalue weighted by atomic mass is 16.5. The molecule has 0 spiro atoms. The number of carbonyl (C=O) groups is 2. The second-order valence-electron chi connectivity index (χ2n) is 9.36. The molecule has 5 heterocycles. The van der Waals surface area contributed by atoms with Crippen molar-refractivity contribution in [3.05, 3.63) is 43.5 Å². The summed E-state index contributed by atoms with van der Waals surface area (Å²) >= 11 is 0. The molecule has 1 aliphatic carbocycles. The summed E-state index contributed by atoms with van der Waals surface area (Å²) in [7, 11) is 2.41. The monoisotopic (exact) mass is 622 g/mol. The van der Waals surface area contributed by atoms with Crippen molar-refractivity contribution >= 4 is 42.0 Å². The van der Waals surface area contributed by atoms with Crippen molar-refractivity contribution in [2.24, 2.45) is 0 Å². The van der Waals surface area contributed by atoms with Crippen LogP contribution >= 0.6 is 0 Å². The molecule has 45 heavy (non-hydrogen) atoms. The Hall–Kier alpha value is -5.30. The molecular weight excluding hydrogens is 580 g/mol. The number of hydrogen-bond acceptors (Lipinski definition) is 13. The summed E-state index contributed by atoms with van der Waals surface area (Å²) in [4.78, 5) is 49.1. The number of aliphatic hydroxyl groups is 1. The number of aromatic nitrogens is 7. The minimum absolute atomic E-state index is 0.296. The van der Waals surface area contributed by atoms with Crippen molar-refractivity contribution in [1.82, 2.24) is 40.0 Å². The summed E-state index contributed by atoms with van der Waals surface area (Å²) in [6.07, 6.45) is 17.5. The fraction of sp³-hybridized carbons (Fsp3) is 0.448. The zero-order valence-corrected chi connectivity index (χ0v) is 25.8. The number of amides is 2. The van der Waals surface area contributed by atoms with Gasteiger partial charge in [0.1, 0.15) is 0 Å². The Kier molecular flexibility index (Phi) is 15.8. The van der Waals surface area contributed by atoms with Gasteiger partial charge in [0.15, 0.2) is 11.6 Å². The Balaban J connectivity index is 0.000000397. The van der Waals surface area contributed by atoms with E-state index in [0.29, 0.717) is 62.2 Å². The van der Waals surface area contributed by atoms with E-state index < -0.39 is 0 Å². The zero-order valence-electron chi connectivity index (χ0n) is 25.8. The van der Waals surface area contributed by atoms with Crippen molar-refractivity contribution in [2.45, 2.75) is 31.6 Å². The SMILES string of the molecule is C#C.C=C.CO.COC(=O)N1CCN(c2nc(Nc3cc(C4CC4)[nH]n3)nc(N3CCCC3)n2)CC1.O=CNc1cnccn1. The highest BCUT2D eigenvalue weighted by Crippen LogP contribution is 2.39. The van der Waals surface area contributed by atoms with E-state index in [4.69, 9.17) is 14.8 Å². The third kappa shape index (κ3) is 11.0. The van der Waals surface area contributed by atoms with E-state index in [0.717, 1.165) is 44.6 Å². The van der Waals surface area contributed by atoms with Crippen LogP contribution < -0.4 is 20.4 Å². The number of ether oxygens (including phenoxy) is 1. The van der Waals surface area contributed by atoms with Crippen molar-refractivity contribution in [3.63, 3.8) is 0 Å². The molecule has 2 saturated heterocycles. The Morgan fingerprint density at radius 3 is 2.16 bits per heavy atom. The lowest BCUT2D eigenvalue weighted by Gasteiger charge is -2.34. The van der Waals surface area contributed by atoms with Gasteiger partial charge in [-0.2, -0.15) is 20.1 Å². The zero-order chi connectivity index (χ0) is 33.0. The van der Waals surface area contributed by atoms with Gasteiger partial charge in [-0.05, 0) is 25.7 Å². The summed E-state index contributed by atoms with van der Waals surface area (Å²) < 4.78 is 4.83. The van der Waals surface area contributed by atoms with Crippen LogP contribution in [-0.2, 0) is 9.53 Å². The van der Waals surface area contributed by atoms with Gasteiger partial charge in [0.25, 0.3) is 0 Å². The molecule has 3 aromatic rings. The number of hydrogen-bond donors (Lipinski definition) is 4. The molecule has 0 aromatic carbocycles. The number of aromatic amines is 1. The number of nitrogens with zero attached hydrogens (tertiary/aromatic N) is 9. The molecule has 16 heteroatoms. The van der Waals surface area contributed by atoms with Gasteiger partial charge in [0.05, 0.1) is 13.3 Å². The Morgan fingerprint density at radius 1 is 1.00 bits per heavy atom. The summed E-state index contributed by atoms with van der Waals surface area (Å²) in [6.45, 7) is 10.3. The van der Waals surface area contributed by atoms with Crippen LogP contribution in [0.3, 0.4) is 0 Å². The summed E-state index contributed by atoms with van der Waals surface area (Å²) in [5.74, 6) is 3.59. The number of carbonyl (C=O) groups excluding carboxylic acids is 2. The molecule has 2 aliphatic heterocycles. The number of piperazine rings is 1. The molecular formula is C29H42N12O4. The minimum atomic E-state index is -0.296. The summed E-state index contributed by atoms with van der Waals surface area (Å²) in [6, 6.07) is 2.03. The molecule has 242 valence electrons. The number of nitrogens with one attached hydrogen (secondary N) is 3. The van der Waals surface area contributed by atoms with E-state index >= 15 is 0 Å². The van der Waals surface area contributed by atoms with Gasteiger partial charge in [0, 0.05) is 76.5 Å². The van der Waals surface area contributed by atoms with E-state index in [1.165, 1.54) is 38.5 Å². The van der Waals surface area contributed by atoms with E-state index in [2.05, 4.69) is 76.6 Å². The van der Waals surface area contributed by atoms with Gasteiger partial charge in [-0.1, -0.05) is 0 Å². The van der Waals surface area contributed by atoms with Crippen LogP contribution in [0.1, 0.15) is 37.3 Å². The molecule has 3 fully saturated rings. The van der Waals surface area contributed by atoms with E-state index in [1.807, 2.05) is 6.07 Å². The number of aliphatic hydroxyl groups excluding tert-OH is 1. The summed E-state index contributed by atoms with van der Waals surface area (Å²) in [5, 5.41) is 20.1. The van der Waals surface area contributed by atoms with Crippen LogP contribution in [-0.4, -0.2) is 111 Å². The van der Waals surface area contributed by atoms with Crippen molar-refractivity contribution < 1.29 is 19.4 Å². The van der Waals surface area contributed by atoms with Crippen molar-refractivity contribution in [1.29, 1.82) is 0 Å². The van der Waals surface area contributed by atoms with Crippen LogP contribution in [0.2, 0.25) is 0 Å². The first kappa shape index (κ1) is 35.9. The molecule has 3 aromatic heterocycles. The van der Waals surface area contributed by atoms with Crippen LogP contribution in [0.25, 0.3) is 0 Å². The lowest BCUT2D eigenvalue weighted by molar-refractivity contribution is -0.105. The molecule has 0 radical (unpaired) electrons. The molecule has 1 saturated carbocycles. The van der Waals surface area contributed by atoms with Crippen molar-refractivity contribution in [3.8, 4) is 12.8 Å². The highest BCUT2D eigenvalue weighted by Gasteiger charge is 2.27. The van der Waals surface area contributed by atoms with E-state index in [9.17, 15) is 9.59 Å². The normalized spacial score (nSPS) is 14.8. The summed E-state index contributed by atoms with van der Waals surface area (Å²) in [5.41, 5.74) is 1.16. The second-order valence-corrected chi connectivity index (χ2v) is 9.36. The standard InChI is InChI=1S/C19H27N9O2.C5H5N3O.C2H4.C2H2.CH4O/c1-30-19(29)28-10-8-27(9-11-28)18-22-16(21-17(23-18)26-6-2-3-7-26)20-15-12-14(24-25-15)13-4-5-13;9-4-8-5-3-6-1-2-7-5;3*1-2/h12-13H,2-11H2,1H3,(H2,20,21,22,23,24,25);1-4H,(H,7,8,9);1-2H2;1-2H;2H,1H3. The lowest BCUT2D eigenvalue weighted by atomic mass is 10.3. The smallest absolute Gasteiger partial charge is 0.409 e. The number of H-pyrrole nitrogens is 1. The third-order valence-corrected chi connectivity index (χ3v) is 6.62. The van der Waals surface area contributed by atoms with Crippen LogP contribution in [0.5, 0.6) is 0 Å². The Morgan fingerprint density at radius 2 is 1.62 bits per heavy atom. The fourth-order valence-corrected chi connectivity index (χ4v) is 4.38.